The van der Waals surface area contributed by atoms with Crippen LogP contribution in [0.25, 0.3) is 10.9 Å². The summed E-state index contributed by atoms with van der Waals surface area (Å²) in [5.41, 5.74) is 2.88. The number of rotatable bonds is 4. The Morgan fingerprint density at radius 3 is 2.48 bits per heavy atom. The second-order valence-electron chi connectivity index (χ2n) is 9.27. The van der Waals surface area contributed by atoms with Crippen LogP contribution in [0.1, 0.15) is 44.1 Å². The highest BCUT2D eigenvalue weighted by atomic mass is 35.5. The van der Waals surface area contributed by atoms with Crippen molar-refractivity contribution in [3.8, 4) is 0 Å². The predicted molar refractivity (Wildman–Crippen MR) is 123 cm³/mol. The van der Waals surface area contributed by atoms with Crippen LogP contribution in [-0.2, 0) is 4.79 Å². The number of aromatic nitrogens is 1. The second kappa shape index (κ2) is 8.23. The highest BCUT2D eigenvalue weighted by Crippen LogP contribution is 2.54. The van der Waals surface area contributed by atoms with E-state index in [0.29, 0.717) is 28.7 Å². The van der Waals surface area contributed by atoms with Crippen molar-refractivity contribution in [2.24, 2.45) is 23.7 Å². The molecular weight excluding hydrogens is 411 g/mol. The average molecular weight is 437 g/mol. The molecule has 1 aromatic heterocycles. The number of fused-ring (bicyclic) bond motifs is 2. The quantitative estimate of drug-likeness (QED) is 0.487. The third kappa shape index (κ3) is 4.06. The van der Waals surface area contributed by atoms with Gasteiger partial charge >= 0.3 is 0 Å². The SMILES string of the molecule is C[C@@H](C(=O)Nc1ccc(Cl)cc1)C1CC2CC(c3ccnc4ccc(F)cc34)C[C@@H]2C1. The number of nitrogens with one attached hydrogen (secondary N) is 1. The molecule has 2 aromatic carbocycles. The molecule has 0 radical (unpaired) electrons. The fraction of sp³-hybridized carbons (Fsp3) is 0.385. The number of hydrogen-bond donors (Lipinski definition) is 1. The first-order valence-electron chi connectivity index (χ1n) is 11.1. The van der Waals surface area contributed by atoms with Crippen molar-refractivity contribution < 1.29 is 9.18 Å². The van der Waals surface area contributed by atoms with Crippen LogP contribution in [0.4, 0.5) is 10.1 Å². The zero-order valence-electron chi connectivity index (χ0n) is 17.5. The van der Waals surface area contributed by atoms with Gasteiger partial charge in [-0.05, 0) is 103 Å². The Hall–Kier alpha value is -2.46. The zero-order valence-corrected chi connectivity index (χ0v) is 18.3. The Balaban J connectivity index is 1.24. The number of benzene rings is 2. The molecule has 1 heterocycles. The predicted octanol–water partition coefficient (Wildman–Crippen LogP) is 6.82. The normalized spacial score (nSPS) is 26.0. The summed E-state index contributed by atoms with van der Waals surface area (Å²) < 4.78 is 13.9. The molecule has 5 heteroatoms. The Morgan fingerprint density at radius 1 is 1.06 bits per heavy atom. The first-order valence-corrected chi connectivity index (χ1v) is 11.5. The topological polar surface area (TPSA) is 42.0 Å². The van der Waals surface area contributed by atoms with E-state index in [1.54, 1.807) is 24.3 Å². The highest BCUT2D eigenvalue weighted by molar-refractivity contribution is 6.30. The molecule has 2 saturated carbocycles. The number of halogens is 2. The second-order valence-corrected chi connectivity index (χ2v) is 9.70. The summed E-state index contributed by atoms with van der Waals surface area (Å²) in [5.74, 6) is 1.99. The summed E-state index contributed by atoms with van der Waals surface area (Å²) in [6, 6.07) is 14.2. The van der Waals surface area contributed by atoms with Crippen LogP contribution >= 0.6 is 11.6 Å². The molecule has 160 valence electrons. The van der Waals surface area contributed by atoms with E-state index in [2.05, 4.69) is 16.4 Å². The molecule has 1 N–H and O–H groups in total. The minimum absolute atomic E-state index is 0.0180. The molecule has 5 rings (SSSR count). The first-order chi connectivity index (χ1) is 15.0. The molecule has 0 saturated heterocycles. The van der Waals surface area contributed by atoms with Crippen LogP contribution in [0.15, 0.2) is 54.7 Å². The summed E-state index contributed by atoms with van der Waals surface area (Å²) in [6.07, 6.45) is 6.25. The minimum Gasteiger partial charge on any atom is -0.326 e. The van der Waals surface area contributed by atoms with Crippen molar-refractivity contribution >= 4 is 34.1 Å². The third-order valence-corrected chi connectivity index (χ3v) is 7.71. The number of carbonyl (C=O) groups is 1. The van der Waals surface area contributed by atoms with Crippen molar-refractivity contribution in [1.29, 1.82) is 0 Å². The van der Waals surface area contributed by atoms with Gasteiger partial charge in [-0.15, -0.1) is 0 Å². The maximum Gasteiger partial charge on any atom is 0.227 e. The van der Waals surface area contributed by atoms with E-state index in [1.165, 1.54) is 11.6 Å². The summed E-state index contributed by atoms with van der Waals surface area (Å²) >= 11 is 5.93. The maximum absolute atomic E-state index is 13.9. The summed E-state index contributed by atoms with van der Waals surface area (Å²) in [5, 5.41) is 4.64. The molecule has 2 aliphatic carbocycles. The first kappa shape index (κ1) is 20.4. The van der Waals surface area contributed by atoms with Gasteiger partial charge in [0.2, 0.25) is 5.91 Å². The van der Waals surface area contributed by atoms with Gasteiger partial charge in [0.25, 0.3) is 0 Å². The molecule has 3 unspecified atom stereocenters. The molecule has 2 aliphatic rings. The molecule has 3 nitrogen and oxygen atoms in total. The number of anilines is 1. The van der Waals surface area contributed by atoms with Crippen LogP contribution in [0, 0.1) is 29.5 Å². The maximum atomic E-state index is 13.9. The van der Waals surface area contributed by atoms with Crippen LogP contribution in [-0.4, -0.2) is 10.9 Å². The van der Waals surface area contributed by atoms with Crippen molar-refractivity contribution in [2.75, 3.05) is 5.32 Å². The number of hydrogen-bond acceptors (Lipinski definition) is 2. The summed E-state index contributed by atoms with van der Waals surface area (Å²) in [6.45, 7) is 2.05. The zero-order chi connectivity index (χ0) is 21.5. The van der Waals surface area contributed by atoms with Gasteiger partial charge in [0.05, 0.1) is 5.52 Å². The molecule has 3 aromatic rings. The molecule has 31 heavy (non-hydrogen) atoms. The van der Waals surface area contributed by atoms with Crippen LogP contribution < -0.4 is 5.32 Å². The summed E-state index contributed by atoms with van der Waals surface area (Å²) in [7, 11) is 0. The molecule has 5 atom stereocenters. The Bertz CT molecular complexity index is 1100. The minimum atomic E-state index is -0.208. The lowest BCUT2D eigenvalue weighted by molar-refractivity contribution is -0.120. The van der Waals surface area contributed by atoms with Gasteiger partial charge in [0.15, 0.2) is 0 Å². The van der Waals surface area contributed by atoms with Gasteiger partial charge in [-0.25, -0.2) is 4.39 Å². The number of pyridine rings is 1. The standard InChI is InChI=1S/C26H26ClFN2O/c1-15(26(31)30-22-5-2-20(27)3-6-22)16-10-17-12-19(13-18(17)11-16)23-8-9-29-25-7-4-21(28)14-24(23)25/h2-9,14-19H,10-13H2,1H3,(H,30,31)/t15-,16?,17+,18?,19?/m1/s1. The van der Waals surface area contributed by atoms with E-state index in [4.69, 9.17) is 11.6 Å². The largest absolute Gasteiger partial charge is 0.326 e. The van der Waals surface area contributed by atoms with E-state index in [-0.39, 0.29) is 17.6 Å². The molecule has 2 fully saturated rings. The smallest absolute Gasteiger partial charge is 0.227 e. The van der Waals surface area contributed by atoms with Gasteiger partial charge in [-0.1, -0.05) is 18.5 Å². The summed E-state index contributed by atoms with van der Waals surface area (Å²) in [4.78, 5) is 17.2. The molecular formula is C26H26ClFN2O. The lowest BCUT2D eigenvalue weighted by Gasteiger charge is -2.21. The number of carbonyl (C=O) groups excluding carboxylic acids is 1. The fourth-order valence-corrected chi connectivity index (χ4v) is 5.95. The fourth-order valence-electron chi connectivity index (χ4n) is 5.82. The van der Waals surface area contributed by atoms with Crippen molar-refractivity contribution in [2.45, 2.75) is 38.5 Å². The van der Waals surface area contributed by atoms with E-state index in [9.17, 15) is 9.18 Å². The average Bonchev–Trinajstić information content (AvgIpc) is 3.33. The number of amides is 1. The molecule has 0 spiro atoms. The van der Waals surface area contributed by atoms with E-state index in [1.807, 2.05) is 25.3 Å². The Labute approximate surface area is 187 Å². The van der Waals surface area contributed by atoms with Gasteiger partial charge in [0, 0.05) is 28.2 Å². The van der Waals surface area contributed by atoms with Crippen molar-refractivity contribution in [3.05, 3.63) is 71.1 Å². The Morgan fingerprint density at radius 2 is 1.77 bits per heavy atom. The molecule has 0 bridgehead atoms. The third-order valence-electron chi connectivity index (χ3n) is 7.46. The van der Waals surface area contributed by atoms with E-state index < -0.39 is 0 Å². The number of nitrogens with zero attached hydrogens (tertiary/aromatic N) is 1. The van der Waals surface area contributed by atoms with Crippen LogP contribution in [0.2, 0.25) is 5.02 Å². The molecule has 0 aliphatic heterocycles. The molecule has 1 amide bonds. The highest BCUT2D eigenvalue weighted by Gasteiger charge is 2.44. The van der Waals surface area contributed by atoms with Crippen molar-refractivity contribution in [1.82, 2.24) is 4.98 Å². The van der Waals surface area contributed by atoms with E-state index in [0.717, 1.165) is 42.3 Å². The van der Waals surface area contributed by atoms with Crippen LogP contribution in [0.5, 0.6) is 0 Å². The van der Waals surface area contributed by atoms with Crippen molar-refractivity contribution in [3.63, 3.8) is 0 Å². The van der Waals surface area contributed by atoms with Gasteiger partial charge in [0.1, 0.15) is 5.82 Å². The lowest BCUT2D eigenvalue weighted by Crippen LogP contribution is -2.26. The Kier molecular flexibility index (Phi) is 5.43. The lowest BCUT2D eigenvalue weighted by atomic mass is 9.86. The van der Waals surface area contributed by atoms with E-state index >= 15 is 0 Å². The van der Waals surface area contributed by atoms with Gasteiger partial charge < -0.3 is 5.32 Å². The van der Waals surface area contributed by atoms with Gasteiger partial charge in [-0.2, -0.15) is 0 Å². The van der Waals surface area contributed by atoms with Crippen LogP contribution in [0.3, 0.4) is 0 Å². The van der Waals surface area contributed by atoms with Gasteiger partial charge in [-0.3, -0.25) is 9.78 Å². The monoisotopic (exact) mass is 436 g/mol.